The Morgan fingerprint density at radius 2 is 1.58 bits per heavy atom. The number of nitrogens with one attached hydrogen (secondary N) is 2. The van der Waals surface area contributed by atoms with Crippen LogP contribution in [0, 0.1) is 18.2 Å². The molecule has 2 unspecified atom stereocenters. The number of pyridine rings is 1. The van der Waals surface area contributed by atoms with E-state index in [2.05, 4.69) is 67.0 Å². The Morgan fingerprint density at radius 3 is 2.26 bits per heavy atom. The lowest BCUT2D eigenvalue weighted by molar-refractivity contribution is -0.142. The predicted molar refractivity (Wildman–Crippen MR) is 305 cm³/mol. The number of unbranched alkanes of at least 4 members (excludes halogenated alkanes) is 4. The summed E-state index contributed by atoms with van der Waals surface area (Å²) < 4.78 is 22.4. The summed E-state index contributed by atoms with van der Waals surface area (Å²) in [6.45, 7) is 19.1. The van der Waals surface area contributed by atoms with Crippen LogP contribution < -0.4 is 21.1 Å². The molecule has 5 aromatic rings. The fourth-order valence-corrected chi connectivity index (χ4v) is 13.4. The number of rotatable bonds is 23. The lowest BCUT2D eigenvalue weighted by atomic mass is 9.85. The standard InChI is InChI=1S/C58H78Cl2FN11O4S/c1-37-53(77-36-66-37)40-14-12-39(13-15-40)29-65-56(74)49-28-46(73)35-71(49)57(75)54(58(3,4)5)63-20-8-6-10-22-69-33-45-27-44(69)34-70(45)23-11-7-9-21-68-24-18-43(19-25-68)72-32-42(31-67-72)41-26-50(55(62)64-30-41)76-38(2)51-47(59)16-17-48(61)52(51)60/h12-17,26,30-32,36,38,43-46,49,54,63,73H,6-11,18-25,27-29,33-35H2,1-5H3,(H2,62,64)(H,65,74)/t38-,44?,45?,46-,49+,54-/m1/s1. The van der Waals surface area contributed by atoms with Crippen LogP contribution in [-0.4, -0.2) is 145 Å². The van der Waals surface area contributed by atoms with Gasteiger partial charge in [0, 0.05) is 91.9 Å². The number of aliphatic hydroxyl groups is 1. The Morgan fingerprint density at radius 1 is 0.883 bits per heavy atom. The van der Waals surface area contributed by atoms with Crippen LogP contribution in [0.5, 0.6) is 5.75 Å². The molecular weight excluding hydrogens is 1040 g/mol. The lowest BCUT2D eigenvalue weighted by Gasteiger charge is -2.35. The van der Waals surface area contributed by atoms with Gasteiger partial charge in [0.05, 0.1) is 45.5 Å². The van der Waals surface area contributed by atoms with Crippen molar-refractivity contribution >= 4 is 52.2 Å². The van der Waals surface area contributed by atoms with Crippen LogP contribution >= 0.6 is 34.5 Å². The first-order valence-electron chi connectivity index (χ1n) is 27.8. The number of aryl methyl sites for hydroxylation is 1. The average Bonchev–Trinajstić information content (AvgIpc) is 4.30. The predicted octanol–water partition coefficient (Wildman–Crippen LogP) is 9.56. The second kappa shape index (κ2) is 25.6. The molecule has 0 spiro atoms. The number of likely N-dealkylation sites (tertiary alicyclic amines) is 4. The highest BCUT2D eigenvalue weighted by Crippen LogP contribution is 2.38. The first-order chi connectivity index (χ1) is 37.0. The number of nitrogens with zero attached hydrogens (tertiary/aromatic N) is 8. The maximum atomic E-state index is 14.2. The van der Waals surface area contributed by atoms with Crippen LogP contribution in [-0.2, 0) is 16.1 Å². The van der Waals surface area contributed by atoms with Crippen LogP contribution in [0.25, 0.3) is 21.6 Å². The molecule has 7 heterocycles. The summed E-state index contributed by atoms with van der Waals surface area (Å²) in [4.78, 5) is 47.2. The zero-order chi connectivity index (χ0) is 54.4. The zero-order valence-electron chi connectivity index (χ0n) is 45.4. The molecule has 6 atom stereocenters. The topological polar surface area (TPSA) is 170 Å². The minimum absolute atomic E-state index is 0.0771. The molecule has 0 saturated carbocycles. The van der Waals surface area contributed by atoms with Crippen LogP contribution in [0.15, 0.2) is 66.6 Å². The first kappa shape index (κ1) is 57.0. The number of anilines is 1. The highest BCUT2D eigenvalue weighted by molar-refractivity contribution is 7.13. The van der Waals surface area contributed by atoms with Crippen molar-refractivity contribution in [2.45, 2.75) is 148 Å². The monoisotopic (exact) mass is 1110 g/mol. The van der Waals surface area contributed by atoms with Crippen molar-refractivity contribution in [1.29, 1.82) is 0 Å². The number of hydrogen-bond acceptors (Lipinski definition) is 13. The van der Waals surface area contributed by atoms with E-state index in [4.69, 9.17) is 38.8 Å². The van der Waals surface area contributed by atoms with E-state index in [1.807, 2.05) is 49.0 Å². The van der Waals surface area contributed by atoms with Gasteiger partial charge in [-0.3, -0.25) is 24.1 Å². The average molecular weight is 1120 g/mol. The van der Waals surface area contributed by atoms with E-state index >= 15 is 0 Å². The van der Waals surface area contributed by atoms with Gasteiger partial charge in [-0.05, 0) is 120 Å². The zero-order valence-corrected chi connectivity index (χ0v) is 47.7. The maximum Gasteiger partial charge on any atom is 0.243 e. The van der Waals surface area contributed by atoms with E-state index in [1.54, 1.807) is 29.4 Å². The third-order valence-corrected chi connectivity index (χ3v) is 18.0. The van der Waals surface area contributed by atoms with Crippen molar-refractivity contribution in [3.8, 4) is 27.3 Å². The Bertz CT molecular complexity index is 2780. The van der Waals surface area contributed by atoms with Crippen molar-refractivity contribution in [3.05, 3.63) is 99.2 Å². The number of nitrogens with two attached hydrogens (primary N) is 1. The van der Waals surface area contributed by atoms with Gasteiger partial charge in [0.25, 0.3) is 0 Å². The number of carbonyl (C=O) groups excluding carboxylic acids is 2. The largest absolute Gasteiger partial charge is 0.482 e. The molecule has 4 aliphatic heterocycles. The molecule has 2 amide bonds. The molecule has 3 aromatic heterocycles. The summed E-state index contributed by atoms with van der Waals surface area (Å²) in [7, 11) is 0. The number of piperazine rings is 1. The summed E-state index contributed by atoms with van der Waals surface area (Å²) in [5.74, 6) is -0.351. The molecule has 0 aliphatic carbocycles. The number of aromatic nitrogens is 4. The second-order valence-corrected chi connectivity index (χ2v) is 24.5. The third-order valence-electron chi connectivity index (χ3n) is 16.3. The number of thiazole rings is 1. The van der Waals surface area contributed by atoms with Gasteiger partial charge in [-0.1, -0.05) is 81.1 Å². The quantitative estimate of drug-likeness (QED) is 0.0362. The molecule has 2 aromatic carbocycles. The van der Waals surface area contributed by atoms with Crippen LogP contribution in [0.2, 0.25) is 10.0 Å². The number of halogens is 3. The van der Waals surface area contributed by atoms with Gasteiger partial charge >= 0.3 is 0 Å². The number of amides is 2. The molecule has 2 bridgehead atoms. The summed E-state index contributed by atoms with van der Waals surface area (Å²) in [5, 5.41) is 22.3. The van der Waals surface area contributed by atoms with E-state index < -0.39 is 30.1 Å². The highest BCUT2D eigenvalue weighted by atomic mass is 35.5. The van der Waals surface area contributed by atoms with E-state index in [1.165, 1.54) is 57.5 Å². The number of aliphatic hydroxyl groups excluding tert-OH is 1. The van der Waals surface area contributed by atoms with Crippen molar-refractivity contribution in [2.75, 3.05) is 64.6 Å². The van der Waals surface area contributed by atoms with Gasteiger partial charge < -0.3 is 36.0 Å². The van der Waals surface area contributed by atoms with Gasteiger partial charge in [-0.25, -0.2) is 14.4 Å². The number of ether oxygens (including phenoxy) is 1. The van der Waals surface area contributed by atoms with Crippen LogP contribution in [0.3, 0.4) is 0 Å². The maximum absolute atomic E-state index is 14.2. The second-order valence-electron chi connectivity index (χ2n) is 22.9. The number of carbonyl (C=O) groups is 2. The SMILES string of the molecule is Cc1ncsc1-c1ccc(CNC(=O)[C@@H]2C[C@@H](O)CN2C(=O)[C@@H](NCCCCCN2CC3CC2CN3CCCCCN2CCC(n3cc(-c4cnc(N)c(O[C@H](C)c5c(Cl)ccc(F)c5Cl)c4)cn3)CC2)C(C)(C)C)cc1. The molecule has 15 nitrogen and oxygen atoms in total. The van der Waals surface area contributed by atoms with Gasteiger partial charge in [0.15, 0.2) is 11.6 Å². The van der Waals surface area contributed by atoms with Crippen molar-refractivity contribution in [1.82, 2.24) is 50.0 Å². The molecule has 9 rings (SSSR count). The fraction of sp³-hybridized carbons (Fsp3) is 0.569. The van der Waals surface area contributed by atoms with Gasteiger partial charge in [-0.15, -0.1) is 11.3 Å². The molecule has 4 fully saturated rings. The molecule has 4 aliphatic rings. The van der Waals surface area contributed by atoms with Crippen molar-refractivity contribution in [2.24, 2.45) is 5.41 Å². The third kappa shape index (κ3) is 14.0. The Labute approximate surface area is 468 Å². The number of β-amino-alcohol motifs (C(OH)–C–C–N with tert-alkyl or cyclic N) is 1. The first-order valence-corrected chi connectivity index (χ1v) is 29.4. The van der Waals surface area contributed by atoms with Gasteiger partial charge in [0.1, 0.15) is 18.0 Å². The smallest absolute Gasteiger partial charge is 0.243 e. The van der Waals surface area contributed by atoms with Gasteiger partial charge in [-0.2, -0.15) is 5.10 Å². The van der Waals surface area contributed by atoms with E-state index in [9.17, 15) is 19.1 Å². The van der Waals surface area contributed by atoms with Crippen LogP contribution in [0.1, 0.15) is 121 Å². The van der Waals surface area contributed by atoms with Crippen LogP contribution in [0.4, 0.5) is 10.2 Å². The van der Waals surface area contributed by atoms with E-state index in [0.29, 0.717) is 41.0 Å². The van der Waals surface area contributed by atoms with E-state index in [0.717, 1.165) is 97.7 Å². The van der Waals surface area contributed by atoms with Crippen molar-refractivity contribution in [3.63, 3.8) is 0 Å². The molecule has 4 saturated heterocycles. The Kier molecular flexibility index (Phi) is 18.9. The molecule has 0 radical (unpaired) electrons. The minimum Gasteiger partial charge on any atom is -0.482 e. The summed E-state index contributed by atoms with van der Waals surface area (Å²) in [6, 6.07) is 13.1. The molecule has 416 valence electrons. The minimum atomic E-state index is -0.736. The number of fused-ring (bicyclic) bond motifs is 2. The number of nitrogen functional groups attached to an aromatic ring is 1. The highest BCUT2D eigenvalue weighted by Gasteiger charge is 2.44. The fourth-order valence-electron chi connectivity index (χ4n) is 11.9. The summed E-state index contributed by atoms with van der Waals surface area (Å²) in [5.41, 5.74) is 12.8. The number of piperidine rings is 1. The molecular formula is C58H78Cl2FN11O4S. The lowest BCUT2D eigenvalue weighted by Crippen LogP contribution is -2.56. The molecule has 77 heavy (non-hydrogen) atoms. The van der Waals surface area contributed by atoms with E-state index in [-0.39, 0.29) is 41.0 Å². The summed E-state index contributed by atoms with van der Waals surface area (Å²) >= 11 is 14.2. The molecule has 5 N–H and O–H groups in total. The number of hydrogen-bond donors (Lipinski definition) is 4. The number of benzene rings is 2. The van der Waals surface area contributed by atoms with Crippen molar-refractivity contribution < 1.29 is 23.8 Å². The van der Waals surface area contributed by atoms with Gasteiger partial charge in [0.2, 0.25) is 11.8 Å². The Hall–Kier alpha value is -4.72. The summed E-state index contributed by atoms with van der Waals surface area (Å²) in [6.07, 6.45) is 14.8. The molecule has 19 heteroatoms. The Balaban J connectivity index is 0.628. The normalized spacial score (nSPS) is 21.3.